The first-order valence-electron chi connectivity index (χ1n) is 10.2. The molecule has 164 valence electrons. The molecular weight excluding hydrogens is 384 g/mol. The molecule has 0 heterocycles. The maximum Gasteiger partial charge on any atom is 0.331 e. The molecule has 5 nitrogen and oxygen atoms in total. The summed E-state index contributed by atoms with van der Waals surface area (Å²) >= 11 is 0. The fourth-order valence-electron chi connectivity index (χ4n) is 2.76. The Morgan fingerprint density at radius 2 is 1.52 bits per heavy atom. The van der Waals surface area contributed by atoms with E-state index in [9.17, 15) is 9.59 Å². The minimum atomic E-state index is -1.89. The van der Waals surface area contributed by atoms with Crippen LogP contribution in [-0.4, -0.2) is 39.1 Å². The zero-order chi connectivity index (χ0) is 22.5. The van der Waals surface area contributed by atoms with E-state index < -0.39 is 19.9 Å². The summed E-state index contributed by atoms with van der Waals surface area (Å²) in [4.78, 5) is 23.6. The van der Waals surface area contributed by atoms with E-state index in [1.54, 1.807) is 12.2 Å². The zero-order valence-corrected chi connectivity index (χ0v) is 20.5. The van der Waals surface area contributed by atoms with Gasteiger partial charge in [-0.1, -0.05) is 32.9 Å². The molecule has 0 aliphatic heterocycles. The lowest BCUT2D eigenvalue weighted by molar-refractivity contribution is -0.148. The van der Waals surface area contributed by atoms with Crippen molar-refractivity contribution in [3.05, 3.63) is 35.5 Å². The van der Waals surface area contributed by atoms with E-state index in [-0.39, 0.29) is 17.1 Å². The standard InChI is InChI=1S/C23H38O5Si/c1-22(2,3)27-21(25)15-12-18-16-19(28-29(8,9)23(4,5)6)13-10-17(18)11-14-20(24)26-7/h11-12,14-15,19H,10,13,16H2,1-9H3/b14-11+,15-12+. The van der Waals surface area contributed by atoms with Gasteiger partial charge in [-0.15, -0.1) is 0 Å². The third-order valence-corrected chi connectivity index (χ3v) is 9.85. The maximum atomic E-state index is 12.1. The van der Waals surface area contributed by atoms with Crippen LogP contribution in [0.2, 0.25) is 18.1 Å². The summed E-state index contributed by atoms with van der Waals surface area (Å²) in [5.41, 5.74) is 1.47. The van der Waals surface area contributed by atoms with Crippen molar-refractivity contribution in [2.45, 2.75) is 90.6 Å². The lowest BCUT2D eigenvalue weighted by atomic mass is 9.89. The highest BCUT2D eigenvalue weighted by Crippen LogP contribution is 2.40. The van der Waals surface area contributed by atoms with Crippen LogP contribution >= 0.6 is 0 Å². The predicted molar refractivity (Wildman–Crippen MR) is 119 cm³/mol. The van der Waals surface area contributed by atoms with Crippen LogP contribution in [0.5, 0.6) is 0 Å². The van der Waals surface area contributed by atoms with E-state index in [0.29, 0.717) is 6.42 Å². The molecule has 0 bridgehead atoms. The number of carbonyl (C=O) groups is 2. The van der Waals surface area contributed by atoms with Crippen LogP contribution in [0.25, 0.3) is 0 Å². The Bertz CT molecular complexity index is 687. The van der Waals surface area contributed by atoms with Gasteiger partial charge in [-0.3, -0.25) is 0 Å². The van der Waals surface area contributed by atoms with E-state index in [0.717, 1.165) is 24.0 Å². The molecule has 1 aliphatic rings. The van der Waals surface area contributed by atoms with Crippen molar-refractivity contribution < 1.29 is 23.5 Å². The Labute approximate surface area is 177 Å². The summed E-state index contributed by atoms with van der Waals surface area (Å²) in [5, 5.41) is 0.133. The average Bonchev–Trinajstić information content (AvgIpc) is 2.55. The smallest absolute Gasteiger partial charge is 0.331 e. The summed E-state index contributed by atoms with van der Waals surface area (Å²) < 4.78 is 16.7. The molecule has 0 aromatic rings. The van der Waals surface area contributed by atoms with Gasteiger partial charge < -0.3 is 13.9 Å². The second-order valence-corrected chi connectivity index (χ2v) is 14.8. The lowest BCUT2D eigenvalue weighted by Crippen LogP contribution is -2.44. The molecule has 1 aliphatic carbocycles. The molecule has 6 heteroatoms. The highest BCUT2D eigenvalue weighted by Gasteiger charge is 2.39. The number of esters is 2. The number of methoxy groups -OCH3 is 1. The predicted octanol–water partition coefficient (Wildman–Crippen LogP) is 5.48. The average molecular weight is 423 g/mol. The molecule has 0 amide bonds. The summed E-state index contributed by atoms with van der Waals surface area (Å²) in [6, 6.07) is 0. The van der Waals surface area contributed by atoms with E-state index in [1.807, 2.05) is 20.8 Å². The summed E-state index contributed by atoms with van der Waals surface area (Å²) in [7, 11) is -0.538. The van der Waals surface area contributed by atoms with Gasteiger partial charge in [0.05, 0.1) is 7.11 Å². The van der Waals surface area contributed by atoms with Crippen LogP contribution in [0.15, 0.2) is 35.5 Å². The Kier molecular flexibility index (Phi) is 8.66. The molecular formula is C23H38O5Si. The van der Waals surface area contributed by atoms with Crippen LogP contribution in [0, 0.1) is 0 Å². The fraction of sp³-hybridized carbons (Fsp3) is 0.652. The lowest BCUT2D eigenvalue weighted by Gasteiger charge is -2.40. The van der Waals surface area contributed by atoms with Crippen molar-refractivity contribution in [3.8, 4) is 0 Å². The van der Waals surface area contributed by atoms with Gasteiger partial charge in [0.25, 0.3) is 0 Å². The number of allylic oxidation sites excluding steroid dienone is 3. The van der Waals surface area contributed by atoms with Gasteiger partial charge in [-0.05, 0) is 69.3 Å². The van der Waals surface area contributed by atoms with Gasteiger partial charge in [-0.25, -0.2) is 9.59 Å². The van der Waals surface area contributed by atoms with Crippen molar-refractivity contribution in [2.24, 2.45) is 0 Å². The molecule has 0 aromatic carbocycles. The number of hydrogen-bond donors (Lipinski definition) is 0. The molecule has 0 radical (unpaired) electrons. The molecule has 0 saturated heterocycles. The van der Waals surface area contributed by atoms with E-state index in [1.165, 1.54) is 19.3 Å². The highest BCUT2D eigenvalue weighted by molar-refractivity contribution is 6.74. The number of rotatable bonds is 6. The van der Waals surface area contributed by atoms with Crippen molar-refractivity contribution in [3.63, 3.8) is 0 Å². The Morgan fingerprint density at radius 1 is 0.966 bits per heavy atom. The van der Waals surface area contributed by atoms with E-state index in [4.69, 9.17) is 13.9 Å². The maximum absolute atomic E-state index is 12.1. The second kappa shape index (κ2) is 9.89. The summed E-state index contributed by atoms with van der Waals surface area (Å²) in [6.07, 6.45) is 8.93. The van der Waals surface area contributed by atoms with E-state index >= 15 is 0 Å². The molecule has 0 saturated carbocycles. The van der Waals surface area contributed by atoms with Crippen LogP contribution in [0.4, 0.5) is 0 Å². The first kappa shape index (κ1) is 25.4. The first-order valence-corrected chi connectivity index (χ1v) is 13.1. The van der Waals surface area contributed by atoms with Crippen molar-refractivity contribution in [2.75, 3.05) is 7.11 Å². The zero-order valence-electron chi connectivity index (χ0n) is 19.5. The first-order chi connectivity index (χ1) is 13.1. The molecule has 1 unspecified atom stereocenters. The largest absolute Gasteiger partial charge is 0.466 e. The molecule has 1 rings (SSSR count). The third kappa shape index (κ3) is 8.70. The van der Waals surface area contributed by atoms with Crippen molar-refractivity contribution in [1.82, 2.24) is 0 Å². The Hall–Kier alpha value is -1.66. The Balaban J connectivity index is 3.07. The third-order valence-electron chi connectivity index (χ3n) is 5.31. The van der Waals surface area contributed by atoms with Gasteiger partial charge in [-0.2, -0.15) is 0 Å². The molecule has 29 heavy (non-hydrogen) atoms. The van der Waals surface area contributed by atoms with Crippen LogP contribution in [0.3, 0.4) is 0 Å². The summed E-state index contributed by atoms with van der Waals surface area (Å²) in [5.74, 6) is -0.777. The van der Waals surface area contributed by atoms with Gasteiger partial charge in [0.2, 0.25) is 0 Å². The van der Waals surface area contributed by atoms with Gasteiger partial charge in [0, 0.05) is 18.3 Å². The second-order valence-electron chi connectivity index (χ2n) is 10.0. The van der Waals surface area contributed by atoms with Crippen LogP contribution in [-0.2, 0) is 23.5 Å². The minimum Gasteiger partial charge on any atom is -0.466 e. The normalized spacial score (nSPS) is 19.1. The molecule has 0 N–H and O–H groups in total. The van der Waals surface area contributed by atoms with E-state index in [2.05, 4.69) is 33.9 Å². The summed E-state index contributed by atoms with van der Waals surface area (Å²) in [6.45, 7) is 16.7. The molecule has 0 fully saturated rings. The minimum absolute atomic E-state index is 0.101. The topological polar surface area (TPSA) is 61.8 Å². The quantitative estimate of drug-likeness (QED) is 0.322. The highest BCUT2D eigenvalue weighted by atomic mass is 28.4. The van der Waals surface area contributed by atoms with Crippen LogP contribution in [0.1, 0.15) is 60.8 Å². The number of carbonyl (C=O) groups excluding carboxylic acids is 2. The van der Waals surface area contributed by atoms with Gasteiger partial charge in [0.1, 0.15) is 5.60 Å². The SMILES string of the molecule is COC(=O)/C=C/C1=C(/C=C/C(=O)OC(C)(C)C)CC(O[Si](C)(C)C(C)(C)C)CC1. The number of ether oxygens (including phenoxy) is 2. The van der Waals surface area contributed by atoms with Gasteiger partial charge in [0.15, 0.2) is 8.32 Å². The molecule has 0 aromatic heterocycles. The van der Waals surface area contributed by atoms with Crippen molar-refractivity contribution >= 4 is 20.3 Å². The Morgan fingerprint density at radius 3 is 2.03 bits per heavy atom. The molecule has 0 spiro atoms. The monoisotopic (exact) mass is 422 g/mol. The fourth-order valence-corrected chi connectivity index (χ4v) is 4.14. The number of hydrogen-bond acceptors (Lipinski definition) is 5. The van der Waals surface area contributed by atoms with Crippen LogP contribution < -0.4 is 0 Å². The molecule has 1 atom stereocenters. The van der Waals surface area contributed by atoms with Crippen molar-refractivity contribution in [1.29, 1.82) is 0 Å². The van der Waals surface area contributed by atoms with Gasteiger partial charge >= 0.3 is 11.9 Å².